The summed E-state index contributed by atoms with van der Waals surface area (Å²) in [6.45, 7) is 1.94. The first-order valence-electron chi connectivity index (χ1n) is 6.13. The van der Waals surface area contributed by atoms with E-state index in [9.17, 15) is 0 Å². The molecule has 3 rings (SSSR count). The highest BCUT2D eigenvalue weighted by Crippen LogP contribution is 2.18. The number of rotatable bonds is 4. The summed E-state index contributed by atoms with van der Waals surface area (Å²) in [5.74, 6) is 0. The van der Waals surface area contributed by atoms with Gasteiger partial charge >= 0.3 is 0 Å². The van der Waals surface area contributed by atoms with Crippen LogP contribution in [0.4, 0.5) is 0 Å². The molecule has 19 heavy (non-hydrogen) atoms. The van der Waals surface area contributed by atoms with E-state index in [-0.39, 0.29) is 6.04 Å². The molecule has 1 N–H and O–H groups in total. The summed E-state index contributed by atoms with van der Waals surface area (Å²) in [6, 6.07) is 0.137. The number of nitrogens with one attached hydrogen (secondary N) is 1. The van der Waals surface area contributed by atoms with Gasteiger partial charge in [0.2, 0.25) is 0 Å². The van der Waals surface area contributed by atoms with E-state index in [0.717, 1.165) is 28.5 Å². The van der Waals surface area contributed by atoms with Crippen molar-refractivity contribution in [2.75, 3.05) is 7.05 Å². The van der Waals surface area contributed by atoms with Crippen LogP contribution in [0.5, 0.6) is 0 Å². The Morgan fingerprint density at radius 2 is 2.26 bits per heavy atom. The fourth-order valence-electron chi connectivity index (χ4n) is 2.02. The van der Waals surface area contributed by atoms with Crippen LogP contribution in [0, 0.1) is 6.92 Å². The third-order valence-corrected chi connectivity index (χ3v) is 3.83. The van der Waals surface area contributed by atoms with Gasteiger partial charge in [-0.25, -0.2) is 4.98 Å². The summed E-state index contributed by atoms with van der Waals surface area (Å²) >= 11 is 1.64. The van der Waals surface area contributed by atoms with Crippen LogP contribution in [-0.4, -0.2) is 26.4 Å². The molecular weight excluding hydrogens is 258 g/mol. The normalized spacial score (nSPS) is 12.9. The van der Waals surface area contributed by atoms with E-state index in [1.54, 1.807) is 17.5 Å². The largest absolute Gasteiger partial charge is 0.311 e. The number of aromatic nitrogens is 4. The fourth-order valence-corrected chi connectivity index (χ4v) is 2.74. The highest BCUT2D eigenvalue weighted by Gasteiger charge is 2.14. The van der Waals surface area contributed by atoms with Crippen molar-refractivity contribution in [1.29, 1.82) is 0 Å². The van der Waals surface area contributed by atoms with Crippen molar-refractivity contribution < 1.29 is 0 Å². The molecule has 0 radical (unpaired) electrons. The Labute approximate surface area is 115 Å². The molecule has 0 fully saturated rings. The monoisotopic (exact) mass is 273 g/mol. The molecule has 0 saturated heterocycles. The zero-order chi connectivity index (χ0) is 13.2. The maximum absolute atomic E-state index is 4.60. The van der Waals surface area contributed by atoms with Crippen LogP contribution < -0.4 is 5.32 Å². The number of aryl methyl sites for hydroxylation is 1. The lowest BCUT2D eigenvalue weighted by Gasteiger charge is -2.13. The van der Waals surface area contributed by atoms with Gasteiger partial charge in [0.25, 0.3) is 0 Å². The predicted octanol–water partition coefficient (Wildman–Crippen LogP) is 2.00. The molecule has 5 nitrogen and oxygen atoms in total. The van der Waals surface area contributed by atoms with Gasteiger partial charge in [-0.3, -0.25) is 14.4 Å². The maximum atomic E-state index is 4.60. The molecule has 1 atom stereocenters. The van der Waals surface area contributed by atoms with Gasteiger partial charge in [-0.05, 0) is 14.0 Å². The first-order chi connectivity index (χ1) is 9.26. The molecule has 0 saturated carbocycles. The predicted molar refractivity (Wildman–Crippen MR) is 75.3 cm³/mol. The highest BCUT2D eigenvalue weighted by atomic mass is 32.1. The van der Waals surface area contributed by atoms with Gasteiger partial charge < -0.3 is 5.32 Å². The molecule has 6 heteroatoms. The van der Waals surface area contributed by atoms with E-state index >= 15 is 0 Å². The Morgan fingerprint density at radius 3 is 2.95 bits per heavy atom. The molecule has 0 aliphatic heterocycles. The summed E-state index contributed by atoms with van der Waals surface area (Å²) in [5.41, 5.74) is 2.94. The Bertz CT molecular complexity index is 641. The molecular formula is C13H15N5S. The molecule has 0 aliphatic rings. The Morgan fingerprint density at radius 1 is 1.37 bits per heavy atom. The van der Waals surface area contributed by atoms with E-state index in [1.165, 1.54) is 0 Å². The van der Waals surface area contributed by atoms with Crippen LogP contribution >= 0.6 is 11.3 Å². The first-order valence-corrected chi connectivity index (χ1v) is 7.01. The summed E-state index contributed by atoms with van der Waals surface area (Å²) in [6.07, 6.45) is 8.53. The van der Waals surface area contributed by atoms with Crippen LogP contribution in [0.15, 0.2) is 30.2 Å². The summed E-state index contributed by atoms with van der Waals surface area (Å²) in [7, 11) is 1.94. The SMILES string of the molecule is CNC(Cc1cn2ccsc2n1)c1cnc(C)cn1. The van der Waals surface area contributed by atoms with Crippen LogP contribution in [-0.2, 0) is 6.42 Å². The molecule has 0 amide bonds. The minimum Gasteiger partial charge on any atom is -0.311 e. The van der Waals surface area contributed by atoms with Crippen molar-refractivity contribution in [3.05, 3.63) is 47.2 Å². The summed E-state index contributed by atoms with van der Waals surface area (Å²) < 4.78 is 2.05. The van der Waals surface area contributed by atoms with E-state index in [4.69, 9.17) is 0 Å². The van der Waals surface area contributed by atoms with Crippen LogP contribution in [0.1, 0.15) is 23.1 Å². The minimum atomic E-state index is 0.137. The van der Waals surface area contributed by atoms with E-state index in [1.807, 2.05) is 36.1 Å². The quantitative estimate of drug-likeness (QED) is 0.790. The lowest BCUT2D eigenvalue weighted by atomic mass is 10.1. The third-order valence-electron chi connectivity index (χ3n) is 3.06. The number of hydrogen-bond donors (Lipinski definition) is 1. The number of hydrogen-bond acceptors (Lipinski definition) is 5. The number of thiazole rings is 1. The second kappa shape index (κ2) is 5.07. The van der Waals surface area contributed by atoms with Crippen LogP contribution in [0.25, 0.3) is 4.96 Å². The van der Waals surface area contributed by atoms with Crippen LogP contribution in [0.2, 0.25) is 0 Å². The van der Waals surface area contributed by atoms with Gasteiger partial charge in [0.1, 0.15) is 0 Å². The number of fused-ring (bicyclic) bond motifs is 1. The maximum Gasteiger partial charge on any atom is 0.193 e. The average Bonchev–Trinajstić information content (AvgIpc) is 2.98. The van der Waals surface area contributed by atoms with E-state index < -0.39 is 0 Å². The standard InChI is InChI=1S/C13H15N5S/c1-9-6-16-12(7-15-9)11(14-2)5-10-8-18-3-4-19-13(18)17-10/h3-4,6-8,11,14H,5H2,1-2H3. The zero-order valence-corrected chi connectivity index (χ0v) is 11.7. The lowest BCUT2D eigenvalue weighted by molar-refractivity contribution is 0.567. The molecule has 0 aromatic carbocycles. The van der Waals surface area contributed by atoms with Gasteiger partial charge in [-0.2, -0.15) is 0 Å². The van der Waals surface area contributed by atoms with Gasteiger partial charge in [0, 0.05) is 30.4 Å². The Hall–Kier alpha value is -1.79. The molecule has 3 heterocycles. The van der Waals surface area contributed by atoms with Crippen molar-refractivity contribution in [2.45, 2.75) is 19.4 Å². The summed E-state index contributed by atoms with van der Waals surface area (Å²) in [5, 5.41) is 5.31. The highest BCUT2D eigenvalue weighted by molar-refractivity contribution is 7.15. The number of imidazole rings is 1. The van der Waals surface area contributed by atoms with Crippen LogP contribution in [0.3, 0.4) is 0 Å². The van der Waals surface area contributed by atoms with Gasteiger partial charge in [-0.1, -0.05) is 0 Å². The second-order valence-electron chi connectivity index (χ2n) is 4.45. The molecule has 0 bridgehead atoms. The average molecular weight is 273 g/mol. The minimum absolute atomic E-state index is 0.137. The smallest absolute Gasteiger partial charge is 0.193 e. The molecule has 0 spiro atoms. The number of nitrogens with zero attached hydrogens (tertiary/aromatic N) is 4. The first kappa shape index (κ1) is 12.3. The number of likely N-dealkylation sites (N-methyl/N-ethyl adjacent to an activating group) is 1. The summed E-state index contributed by atoms with van der Waals surface area (Å²) in [4.78, 5) is 14.4. The second-order valence-corrected chi connectivity index (χ2v) is 5.33. The van der Waals surface area contributed by atoms with Gasteiger partial charge in [0.15, 0.2) is 4.96 Å². The van der Waals surface area contributed by atoms with Crippen molar-refractivity contribution in [1.82, 2.24) is 24.7 Å². The van der Waals surface area contributed by atoms with Crippen molar-refractivity contribution in [3.8, 4) is 0 Å². The fraction of sp³-hybridized carbons (Fsp3) is 0.308. The lowest BCUT2D eigenvalue weighted by Crippen LogP contribution is -2.20. The molecule has 3 aromatic heterocycles. The van der Waals surface area contributed by atoms with E-state index in [0.29, 0.717) is 0 Å². The third kappa shape index (κ3) is 2.50. The van der Waals surface area contributed by atoms with Gasteiger partial charge in [-0.15, -0.1) is 11.3 Å². The van der Waals surface area contributed by atoms with Crippen molar-refractivity contribution in [3.63, 3.8) is 0 Å². The Kier molecular flexibility index (Phi) is 3.27. The topological polar surface area (TPSA) is 55.1 Å². The van der Waals surface area contributed by atoms with E-state index in [2.05, 4.69) is 26.5 Å². The molecule has 0 aliphatic carbocycles. The molecule has 98 valence electrons. The molecule has 3 aromatic rings. The van der Waals surface area contributed by atoms with Gasteiger partial charge in [0.05, 0.1) is 29.3 Å². The molecule has 1 unspecified atom stereocenters. The van der Waals surface area contributed by atoms with Crippen molar-refractivity contribution in [2.24, 2.45) is 0 Å². The van der Waals surface area contributed by atoms with Crippen molar-refractivity contribution >= 4 is 16.3 Å². The Balaban J connectivity index is 1.83. The zero-order valence-electron chi connectivity index (χ0n) is 10.9.